The van der Waals surface area contributed by atoms with Crippen molar-refractivity contribution in [3.05, 3.63) is 12.2 Å². The molecule has 4 heteroatoms. The van der Waals surface area contributed by atoms with Gasteiger partial charge in [-0.3, -0.25) is 9.59 Å². The van der Waals surface area contributed by atoms with Crippen molar-refractivity contribution in [3.63, 3.8) is 0 Å². The van der Waals surface area contributed by atoms with E-state index < -0.39 is 5.97 Å². The van der Waals surface area contributed by atoms with E-state index in [-0.39, 0.29) is 28.7 Å². The minimum atomic E-state index is -0.599. The van der Waals surface area contributed by atoms with E-state index in [0.29, 0.717) is 17.8 Å². The van der Waals surface area contributed by atoms with Crippen LogP contribution in [0.1, 0.15) is 52.4 Å². The number of carboxylic acid groups (broad SMARTS) is 1. The second-order valence-electron chi connectivity index (χ2n) is 8.73. The Morgan fingerprint density at radius 2 is 1.96 bits per heavy atom. The summed E-state index contributed by atoms with van der Waals surface area (Å²) in [5, 5.41) is 12.8. The van der Waals surface area contributed by atoms with Crippen LogP contribution >= 0.6 is 0 Å². The molecule has 0 aromatic carbocycles. The van der Waals surface area contributed by atoms with Crippen LogP contribution in [0.25, 0.3) is 0 Å². The van der Waals surface area contributed by atoms with Crippen LogP contribution in [0.3, 0.4) is 0 Å². The number of nitrogens with one attached hydrogen (secondary N) is 1. The van der Waals surface area contributed by atoms with E-state index in [1.165, 1.54) is 0 Å². The Balaban J connectivity index is 1.66. The van der Waals surface area contributed by atoms with Gasteiger partial charge < -0.3 is 10.4 Å². The maximum atomic E-state index is 11.7. The monoisotopic (exact) mass is 317 g/mol. The number of hydrogen-bond donors (Lipinski definition) is 2. The zero-order chi connectivity index (χ0) is 16.4. The van der Waals surface area contributed by atoms with Crippen molar-refractivity contribution < 1.29 is 14.7 Å². The van der Waals surface area contributed by atoms with Crippen LogP contribution in [0.5, 0.6) is 0 Å². The lowest BCUT2D eigenvalue weighted by Crippen LogP contribution is -2.59. The van der Waals surface area contributed by atoms with Gasteiger partial charge in [-0.15, -0.1) is 0 Å². The average molecular weight is 317 g/mol. The number of hydrogen-bond acceptors (Lipinski definition) is 2. The van der Waals surface area contributed by atoms with Crippen LogP contribution in [0, 0.1) is 34.5 Å². The van der Waals surface area contributed by atoms with E-state index in [4.69, 9.17) is 0 Å². The molecule has 126 valence electrons. The fourth-order valence-corrected chi connectivity index (χ4v) is 6.74. The largest absolute Gasteiger partial charge is 0.481 e. The Hall–Kier alpha value is -1.32. The molecule has 0 radical (unpaired) electrons. The van der Waals surface area contributed by atoms with E-state index >= 15 is 0 Å². The second-order valence-corrected chi connectivity index (χ2v) is 8.73. The predicted molar refractivity (Wildman–Crippen MR) is 86.6 cm³/mol. The molecule has 4 nitrogen and oxygen atoms in total. The number of fused-ring (bicyclic) bond motifs is 5. The Morgan fingerprint density at radius 1 is 1.17 bits per heavy atom. The molecule has 4 rings (SSSR count). The van der Waals surface area contributed by atoms with E-state index in [0.717, 1.165) is 38.5 Å². The van der Waals surface area contributed by atoms with Crippen molar-refractivity contribution in [2.75, 3.05) is 0 Å². The molecule has 1 amide bonds. The summed E-state index contributed by atoms with van der Waals surface area (Å²) in [5.74, 6) is 0.992. The third kappa shape index (κ3) is 1.96. The number of rotatable bonds is 1. The fraction of sp³-hybridized carbons (Fsp3) is 0.789. The molecule has 0 spiro atoms. The Kier molecular flexibility index (Phi) is 3.20. The molecule has 4 aliphatic rings. The van der Waals surface area contributed by atoms with Crippen molar-refractivity contribution in [1.29, 1.82) is 0 Å². The van der Waals surface area contributed by atoms with Crippen molar-refractivity contribution in [2.24, 2.45) is 34.5 Å². The van der Waals surface area contributed by atoms with Crippen molar-refractivity contribution in [1.82, 2.24) is 5.32 Å². The number of amides is 1. The summed E-state index contributed by atoms with van der Waals surface area (Å²) in [6.07, 6.45) is 10.0. The molecule has 1 aliphatic heterocycles. The molecule has 0 saturated heterocycles. The molecule has 0 aromatic rings. The Bertz CT molecular complexity index is 585. The zero-order valence-electron chi connectivity index (χ0n) is 14.0. The van der Waals surface area contributed by atoms with Crippen LogP contribution in [-0.4, -0.2) is 23.0 Å². The van der Waals surface area contributed by atoms with Gasteiger partial charge in [-0.2, -0.15) is 0 Å². The highest BCUT2D eigenvalue weighted by Crippen LogP contribution is 2.64. The average Bonchev–Trinajstić information content (AvgIpc) is 2.85. The highest BCUT2D eigenvalue weighted by Gasteiger charge is 2.60. The molecule has 23 heavy (non-hydrogen) atoms. The normalized spacial score (nSPS) is 51.4. The number of carboxylic acids is 1. The molecule has 1 heterocycles. The summed E-state index contributed by atoms with van der Waals surface area (Å²) in [7, 11) is 0. The summed E-state index contributed by atoms with van der Waals surface area (Å²) < 4.78 is 0. The predicted octanol–water partition coefficient (Wildman–Crippen LogP) is 2.98. The first-order chi connectivity index (χ1) is 10.9. The molecule has 0 aromatic heterocycles. The number of carbonyl (C=O) groups excluding carboxylic acids is 1. The minimum absolute atomic E-state index is 0.0299. The third-order valence-corrected chi connectivity index (χ3v) is 7.98. The van der Waals surface area contributed by atoms with Crippen LogP contribution < -0.4 is 5.32 Å². The lowest BCUT2D eigenvalue weighted by atomic mass is 9.48. The summed E-state index contributed by atoms with van der Waals surface area (Å²) in [4.78, 5) is 23.4. The van der Waals surface area contributed by atoms with Gasteiger partial charge in [0.15, 0.2) is 0 Å². The first-order valence-corrected chi connectivity index (χ1v) is 9.09. The van der Waals surface area contributed by atoms with E-state index in [2.05, 4.69) is 25.2 Å². The first kappa shape index (κ1) is 15.2. The number of aliphatic carboxylic acids is 1. The molecule has 0 bridgehead atoms. The van der Waals surface area contributed by atoms with Crippen LogP contribution in [0.2, 0.25) is 0 Å². The van der Waals surface area contributed by atoms with E-state index in [1.54, 1.807) is 6.08 Å². The lowest BCUT2D eigenvalue weighted by Gasteiger charge is -2.58. The molecular formula is C19H27NO3. The zero-order valence-corrected chi connectivity index (χ0v) is 14.0. The third-order valence-electron chi connectivity index (χ3n) is 7.98. The highest BCUT2D eigenvalue weighted by molar-refractivity contribution is 5.89. The van der Waals surface area contributed by atoms with E-state index in [9.17, 15) is 14.7 Å². The van der Waals surface area contributed by atoms with Gasteiger partial charge >= 0.3 is 5.97 Å². The van der Waals surface area contributed by atoms with Gasteiger partial charge in [0.25, 0.3) is 0 Å². The molecular weight excluding hydrogens is 290 g/mol. The van der Waals surface area contributed by atoms with Crippen molar-refractivity contribution in [2.45, 2.75) is 58.4 Å². The number of carbonyl (C=O) groups is 2. The van der Waals surface area contributed by atoms with Gasteiger partial charge in [0, 0.05) is 11.5 Å². The van der Waals surface area contributed by atoms with Crippen LogP contribution in [-0.2, 0) is 9.59 Å². The van der Waals surface area contributed by atoms with Gasteiger partial charge in [0.1, 0.15) is 0 Å². The summed E-state index contributed by atoms with van der Waals surface area (Å²) in [6.45, 7) is 4.53. The molecule has 5 unspecified atom stereocenters. The molecule has 2 N–H and O–H groups in total. The van der Waals surface area contributed by atoms with Crippen molar-refractivity contribution in [3.8, 4) is 0 Å². The fourth-order valence-electron chi connectivity index (χ4n) is 6.74. The summed E-state index contributed by atoms with van der Waals surface area (Å²) in [6, 6.07) is 0.252. The van der Waals surface area contributed by atoms with Crippen molar-refractivity contribution >= 4 is 11.9 Å². The standard InChI is InChI=1S/C19H27NO3/c1-18-9-7-13-11(12(18)4-5-14(18)17(22)23)3-6-15-19(13,2)10-8-16(21)20-15/h8,10-15H,3-7,9H2,1-2H3,(H,20,21)(H,22,23)/t11?,12?,13?,14?,15?,18-,19+/m0/s1. The Labute approximate surface area is 137 Å². The smallest absolute Gasteiger partial charge is 0.307 e. The quantitative estimate of drug-likeness (QED) is 0.781. The molecule has 3 saturated carbocycles. The lowest BCUT2D eigenvalue weighted by molar-refractivity contribution is -0.150. The molecule has 3 aliphatic carbocycles. The molecule has 7 atom stereocenters. The highest BCUT2D eigenvalue weighted by atomic mass is 16.4. The summed E-state index contributed by atoms with van der Waals surface area (Å²) >= 11 is 0. The maximum absolute atomic E-state index is 11.7. The van der Waals surface area contributed by atoms with Crippen LogP contribution in [0.15, 0.2) is 12.2 Å². The molecule has 3 fully saturated rings. The second kappa shape index (κ2) is 4.84. The maximum Gasteiger partial charge on any atom is 0.307 e. The van der Waals surface area contributed by atoms with E-state index in [1.807, 2.05) is 0 Å². The minimum Gasteiger partial charge on any atom is -0.481 e. The van der Waals surface area contributed by atoms with Gasteiger partial charge in [0.05, 0.1) is 5.92 Å². The summed E-state index contributed by atoms with van der Waals surface area (Å²) in [5.41, 5.74) is 0.0112. The Morgan fingerprint density at radius 3 is 2.70 bits per heavy atom. The topological polar surface area (TPSA) is 66.4 Å². The van der Waals surface area contributed by atoms with Gasteiger partial charge in [-0.1, -0.05) is 19.9 Å². The van der Waals surface area contributed by atoms with Gasteiger partial charge in [0.2, 0.25) is 5.91 Å². The van der Waals surface area contributed by atoms with Gasteiger partial charge in [-0.25, -0.2) is 0 Å². The SMILES string of the molecule is C[C@]12C=CC(=O)NC1CCC1C2CC[C@]2(C)C(C(=O)O)CCC12. The van der Waals surface area contributed by atoms with Gasteiger partial charge in [-0.05, 0) is 67.8 Å². The van der Waals surface area contributed by atoms with Crippen LogP contribution in [0.4, 0.5) is 0 Å². The first-order valence-electron chi connectivity index (χ1n) is 9.09.